The van der Waals surface area contributed by atoms with Crippen molar-refractivity contribution in [2.75, 3.05) is 23.5 Å². The maximum Gasteiger partial charge on any atom is 0.276 e. The molecule has 12 heteroatoms. The van der Waals surface area contributed by atoms with E-state index in [2.05, 4.69) is 28.4 Å². The van der Waals surface area contributed by atoms with Crippen LogP contribution < -0.4 is 20.5 Å². The van der Waals surface area contributed by atoms with Gasteiger partial charge in [-0.25, -0.2) is 0 Å². The molecule has 2 amide bonds. The average molecular weight is 803 g/mol. The summed E-state index contributed by atoms with van der Waals surface area (Å²) in [7, 11) is 3.90. The zero-order chi connectivity index (χ0) is 40.3. The monoisotopic (exact) mass is 801 g/mol. The van der Waals surface area contributed by atoms with E-state index in [1.54, 1.807) is 6.07 Å². The minimum Gasteiger partial charge on any atom is -0.494 e. The van der Waals surface area contributed by atoms with Crippen molar-refractivity contribution < 1.29 is 14.3 Å². The number of para-hydroxylation sites is 1. The predicted molar refractivity (Wildman–Crippen MR) is 230 cm³/mol. The van der Waals surface area contributed by atoms with E-state index in [0.717, 1.165) is 83.3 Å². The maximum atomic E-state index is 15.1. The Bertz CT molecular complexity index is 2710. The SMILES string of the molecule is Cc1cc(OCCCc2c3n(c4c(-c5c(C)nn(C)c5C)c(Cl)ccc24)[C@H](C)CN(c2cc4cc(C(=O)NNc5ccccc5)ccc4n2C)C3=O)cc(C)c1Cl. The van der Waals surface area contributed by atoms with Gasteiger partial charge in [0.1, 0.15) is 17.3 Å². The molecule has 7 aromatic rings. The second kappa shape index (κ2) is 15.0. The summed E-state index contributed by atoms with van der Waals surface area (Å²) in [6, 6.07) is 24.8. The fourth-order valence-corrected chi connectivity index (χ4v) is 8.74. The molecule has 0 radical (unpaired) electrons. The maximum absolute atomic E-state index is 15.1. The minimum absolute atomic E-state index is 0.0956. The summed E-state index contributed by atoms with van der Waals surface area (Å²) in [6.45, 7) is 11.0. The summed E-state index contributed by atoms with van der Waals surface area (Å²) in [4.78, 5) is 30.2. The topological polar surface area (TPSA) is 98.3 Å². The van der Waals surface area contributed by atoms with Crippen molar-refractivity contribution in [3.05, 3.63) is 128 Å². The number of hydrogen-bond acceptors (Lipinski definition) is 5. The number of nitrogens with one attached hydrogen (secondary N) is 2. The fourth-order valence-electron chi connectivity index (χ4n) is 8.38. The molecule has 0 bridgehead atoms. The Balaban J connectivity index is 1.18. The number of carbonyl (C=O) groups excluding carboxylic acids is 2. The third-order valence-corrected chi connectivity index (χ3v) is 12.1. The van der Waals surface area contributed by atoms with E-state index in [0.29, 0.717) is 42.3 Å². The number of benzene rings is 4. The minimum atomic E-state index is -0.262. The number of nitrogens with zero attached hydrogens (tertiary/aromatic N) is 5. The number of carbonyl (C=O) groups is 2. The molecule has 0 saturated heterocycles. The lowest BCUT2D eigenvalue weighted by Crippen LogP contribution is -2.43. The number of fused-ring (bicyclic) bond motifs is 4. The van der Waals surface area contributed by atoms with E-state index in [4.69, 9.17) is 33.0 Å². The standard InChI is InChI=1S/C45H45Cl2N7O3/c1-25-20-33(21-26(2)41(25)47)57-19-11-14-34-35-16-17-36(46)40(39-28(4)50-52(7)29(39)5)42(35)54-27(3)24-53(45(56)43(34)54)38-23-31-22-30(15-18-37(31)51(38)6)44(55)49-48-32-12-9-8-10-13-32/h8-10,12-13,15-18,20-23,27,48H,11,14,19,24H2,1-7H3,(H,49,55)/t27-/m1/s1. The number of aromatic nitrogens is 4. The smallest absolute Gasteiger partial charge is 0.276 e. The molecular formula is C45H45Cl2N7O3. The van der Waals surface area contributed by atoms with Crippen molar-refractivity contribution in [3.63, 3.8) is 0 Å². The van der Waals surface area contributed by atoms with Crippen molar-refractivity contribution >= 4 is 68.3 Å². The third kappa shape index (κ3) is 6.70. The summed E-state index contributed by atoms with van der Waals surface area (Å²) in [5.41, 5.74) is 16.2. The number of anilines is 2. The molecule has 0 aliphatic carbocycles. The van der Waals surface area contributed by atoms with Crippen LogP contribution in [-0.4, -0.2) is 43.9 Å². The van der Waals surface area contributed by atoms with Gasteiger partial charge in [0.2, 0.25) is 0 Å². The Kier molecular flexibility index (Phi) is 10.0. The Hall–Kier alpha value is -5.71. The number of aryl methyl sites for hydroxylation is 6. The van der Waals surface area contributed by atoms with Crippen LogP contribution in [0.5, 0.6) is 5.75 Å². The zero-order valence-electron chi connectivity index (χ0n) is 33.1. The predicted octanol–water partition coefficient (Wildman–Crippen LogP) is 10.1. The molecule has 0 spiro atoms. The molecule has 0 unspecified atom stereocenters. The van der Waals surface area contributed by atoms with Crippen molar-refractivity contribution in [1.82, 2.24) is 24.3 Å². The van der Waals surface area contributed by atoms with Gasteiger partial charge >= 0.3 is 0 Å². The van der Waals surface area contributed by atoms with Gasteiger partial charge in [-0.2, -0.15) is 5.10 Å². The summed E-state index contributed by atoms with van der Waals surface area (Å²) < 4.78 is 12.4. The summed E-state index contributed by atoms with van der Waals surface area (Å²) in [5, 5.41) is 7.94. The van der Waals surface area contributed by atoms with Crippen LogP contribution in [0.3, 0.4) is 0 Å². The summed E-state index contributed by atoms with van der Waals surface area (Å²) in [5.74, 6) is 1.16. The van der Waals surface area contributed by atoms with Gasteiger partial charge in [-0.05, 0) is 119 Å². The van der Waals surface area contributed by atoms with E-state index in [-0.39, 0.29) is 17.9 Å². The van der Waals surface area contributed by atoms with Crippen molar-refractivity contribution in [2.45, 2.75) is 53.5 Å². The first-order chi connectivity index (χ1) is 27.3. The molecule has 8 rings (SSSR count). The lowest BCUT2D eigenvalue weighted by molar-refractivity contribution is 0.0951. The first-order valence-corrected chi connectivity index (χ1v) is 19.9. The average Bonchev–Trinajstić information content (AvgIpc) is 3.80. The van der Waals surface area contributed by atoms with E-state index in [1.165, 1.54) is 0 Å². The van der Waals surface area contributed by atoms with Crippen LogP contribution in [0.4, 0.5) is 11.5 Å². The lowest BCUT2D eigenvalue weighted by atomic mass is 9.98. The van der Waals surface area contributed by atoms with Gasteiger partial charge in [0.25, 0.3) is 11.8 Å². The molecule has 57 heavy (non-hydrogen) atoms. The highest BCUT2D eigenvalue weighted by molar-refractivity contribution is 6.35. The molecule has 0 saturated carbocycles. The molecular weight excluding hydrogens is 757 g/mol. The molecule has 4 aromatic carbocycles. The molecule has 2 N–H and O–H groups in total. The second-order valence-corrected chi connectivity index (χ2v) is 15.8. The van der Waals surface area contributed by atoms with Gasteiger partial charge in [0, 0.05) is 70.4 Å². The molecule has 1 aliphatic rings. The van der Waals surface area contributed by atoms with Crippen molar-refractivity contribution in [2.24, 2.45) is 14.1 Å². The molecule has 292 valence electrons. The first kappa shape index (κ1) is 38.2. The van der Waals surface area contributed by atoms with E-state index < -0.39 is 0 Å². The van der Waals surface area contributed by atoms with Crippen molar-refractivity contribution in [3.8, 4) is 16.9 Å². The number of halogens is 2. The Morgan fingerprint density at radius 1 is 0.930 bits per heavy atom. The number of ether oxygens (including phenoxy) is 1. The number of amides is 2. The molecule has 1 aliphatic heterocycles. The zero-order valence-corrected chi connectivity index (χ0v) is 34.6. The molecule has 0 fully saturated rings. The van der Waals surface area contributed by atoms with Gasteiger partial charge in [0.15, 0.2) is 0 Å². The Morgan fingerprint density at radius 3 is 2.37 bits per heavy atom. The Morgan fingerprint density at radius 2 is 1.67 bits per heavy atom. The number of hydrogen-bond donors (Lipinski definition) is 2. The van der Waals surface area contributed by atoms with Gasteiger partial charge in [-0.1, -0.05) is 47.5 Å². The van der Waals surface area contributed by atoms with E-state index >= 15 is 4.79 Å². The van der Waals surface area contributed by atoms with E-state index in [9.17, 15) is 4.79 Å². The number of hydrazine groups is 1. The van der Waals surface area contributed by atoms with Crippen LogP contribution in [0, 0.1) is 27.7 Å². The molecule has 4 heterocycles. The van der Waals surface area contributed by atoms with Crippen LogP contribution in [0.2, 0.25) is 10.0 Å². The van der Waals surface area contributed by atoms with Crippen molar-refractivity contribution in [1.29, 1.82) is 0 Å². The quantitative estimate of drug-likeness (QED) is 0.106. The Labute approximate surface area is 341 Å². The molecule has 3 aromatic heterocycles. The molecule has 1 atom stereocenters. The lowest BCUT2D eigenvalue weighted by Gasteiger charge is -2.34. The van der Waals surface area contributed by atoms with Gasteiger partial charge in [0.05, 0.1) is 28.5 Å². The summed E-state index contributed by atoms with van der Waals surface area (Å²) in [6.07, 6.45) is 1.28. The van der Waals surface area contributed by atoms with Crippen LogP contribution in [-0.2, 0) is 20.5 Å². The second-order valence-electron chi connectivity index (χ2n) is 15.1. The third-order valence-electron chi connectivity index (χ3n) is 11.2. The highest BCUT2D eigenvalue weighted by Crippen LogP contribution is 2.45. The van der Waals surface area contributed by atoms with Crippen LogP contribution in [0.25, 0.3) is 32.9 Å². The fraction of sp³-hybridized carbons (Fsp3) is 0.267. The van der Waals surface area contributed by atoms with Crippen LogP contribution in [0.1, 0.15) is 68.3 Å². The highest BCUT2D eigenvalue weighted by Gasteiger charge is 2.37. The van der Waals surface area contributed by atoms with Gasteiger partial charge in [-0.15, -0.1) is 0 Å². The highest BCUT2D eigenvalue weighted by atomic mass is 35.5. The summed E-state index contributed by atoms with van der Waals surface area (Å²) >= 11 is 13.6. The van der Waals surface area contributed by atoms with Gasteiger partial charge in [-0.3, -0.25) is 30.0 Å². The van der Waals surface area contributed by atoms with Gasteiger partial charge < -0.3 is 13.9 Å². The van der Waals surface area contributed by atoms with E-state index in [1.807, 2.05) is 123 Å². The first-order valence-electron chi connectivity index (χ1n) is 19.1. The normalized spacial score (nSPS) is 14.1. The number of rotatable bonds is 10. The largest absolute Gasteiger partial charge is 0.494 e. The van der Waals surface area contributed by atoms with Crippen LogP contribution >= 0.6 is 23.2 Å². The molecule has 10 nitrogen and oxygen atoms in total. The van der Waals surface area contributed by atoms with Crippen LogP contribution in [0.15, 0.2) is 78.9 Å².